The van der Waals surface area contributed by atoms with Crippen molar-refractivity contribution in [1.29, 1.82) is 0 Å². The van der Waals surface area contributed by atoms with Crippen LogP contribution in [0, 0.1) is 0 Å². The number of thiazole rings is 1. The van der Waals surface area contributed by atoms with E-state index in [1.54, 1.807) is 28.3 Å². The van der Waals surface area contributed by atoms with Gasteiger partial charge >= 0.3 is 0 Å². The lowest BCUT2D eigenvalue weighted by molar-refractivity contribution is 0.101. The number of hydrogen-bond donors (Lipinski definition) is 1. The monoisotopic (exact) mass is 354 g/mol. The van der Waals surface area contributed by atoms with Crippen LogP contribution >= 0.6 is 22.7 Å². The molecule has 0 saturated heterocycles. The van der Waals surface area contributed by atoms with Gasteiger partial charge in [0.05, 0.1) is 10.2 Å². The van der Waals surface area contributed by atoms with E-state index in [9.17, 15) is 4.79 Å². The van der Waals surface area contributed by atoms with E-state index in [1.165, 1.54) is 11.3 Å². The number of fused-ring (bicyclic) bond motifs is 1. The number of aromatic nitrogens is 3. The molecule has 0 aliphatic rings. The van der Waals surface area contributed by atoms with Crippen LogP contribution in [-0.2, 0) is 6.54 Å². The number of thiophene rings is 1. The maximum absolute atomic E-state index is 12.5. The van der Waals surface area contributed by atoms with Gasteiger partial charge in [0.1, 0.15) is 15.7 Å². The first kappa shape index (κ1) is 15.0. The minimum absolute atomic E-state index is 0.154. The minimum Gasteiger partial charge on any atom is -0.312 e. The molecule has 7 heteroatoms. The van der Waals surface area contributed by atoms with Gasteiger partial charge in [-0.1, -0.05) is 12.1 Å². The Hall–Kier alpha value is -2.51. The summed E-state index contributed by atoms with van der Waals surface area (Å²) in [5.41, 5.74) is 2.49. The molecule has 0 radical (unpaired) electrons. The van der Waals surface area contributed by atoms with Crippen LogP contribution in [0.4, 0.5) is 5.00 Å². The number of nitrogens with zero attached hydrogens (tertiary/aromatic N) is 3. The van der Waals surface area contributed by atoms with Crippen LogP contribution in [-0.4, -0.2) is 20.7 Å². The number of aryl methyl sites for hydroxylation is 1. The number of carbonyl (C=O) groups is 1. The Morgan fingerprint density at radius 2 is 2.12 bits per heavy atom. The van der Waals surface area contributed by atoms with Crippen LogP contribution in [0.5, 0.6) is 0 Å². The molecule has 4 aromatic rings. The molecule has 3 aromatic heterocycles. The van der Waals surface area contributed by atoms with Crippen LogP contribution in [0.2, 0.25) is 0 Å². The fraction of sp³-hybridized carbons (Fsp3) is 0.118. The topological polar surface area (TPSA) is 59.8 Å². The molecule has 0 spiro atoms. The Labute approximate surface area is 146 Å². The van der Waals surface area contributed by atoms with Gasteiger partial charge in [-0.2, -0.15) is 5.10 Å². The number of benzene rings is 1. The van der Waals surface area contributed by atoms with Crippen molar-refractivity contribution >= 4 is 43.8 Å². The van der Waals surface area contributed by atoms with Crippen molar-refractivity contribution in [2.75, 3.05) is 5.32 Å². The van der Waals surface area contributed by atoms with Gasteiger partial charge in [-0.05, 0) is 36.6 Å². The first-order valence-electron chi connectivity index (χ1n) is 7.53. The van der Waals surface area contributed by atoms with E-state index >= 15 is 0 Å². The van der Waals surface area contributed by atoms with E-state index in [2.05, 4.69) is 21.5 Å². The van der Waals surface area contributed by atoms with Gasteiger partial charge in [-0.15, -0.1) is 22.7 Å². The van der Waals surface area contributed by atoms with Gasteiger partial charge in [0, 0.05) is 18.3 Å². The van der Waals surface area contributed by atoms with Crippen molar-refractivity contribution in [1.82, 2.24) is 14.8 Å². The molecule has 3 heterocycles. The summed E-state index contributed by atoms with van der Waals surface area (Å²) in [6, 6.07) is 11.8. The van der Waals surface area contributed by atoms with E-state index in [-0.39, 0.29) is 5.91 Å². The zero-order valence-corrected chi connectivity index (χ0v) is 14.5. The lowest BCUT2D eigenvalue weighted by atomic mass is 10.3. The van der Waals surface area contributed by atoms with E-state index in [0.29, 0.717) is 12.2 Å². The smallest absolute Gasteiger partial charge is 0.274 e. The highest BCUT2D eigenvalue weighted by Gasteiger charge is 2.17. The number of anilines is 1. The molecule has 0 unspecified atom stereocenters. The summed E-state index contributed by atoms with van der Waals surface area (Å²) < 4.78 is 2.82. The molecule has 0 atom stereocenters. The summed E-state index contributed by atoms with van der Waals surface area (Å²) in [5, 5.41) is 10.8. The zero-order chi connectivity index (χ0) is 16.5. The lowest BCUT2D eigenvalue weighted by Gasteiger charge is -2.06. The van der Waals surface area contributed by atoms with E-state index < -0.39 is 0 Å². The predicted molar refractivity (Wildman–Crippen MR) is 98.8 cm³/mol. The zero-order valence-electron chi connectivity index (χ0n) is 12.9. The van der Waals surface area contributed by atoms with Gasteiger partial charge in [0.25, 0.3) is 5.91 Å². The summed E-state index contributed by atoms with van der Waals surface area (Å²) in [7, 11) is 0. The second kappa shape index (κ2) is 6.18. The number of para-hydroxylation sites is 1. The summed E-state index contributed by atoms with van der Waals surface area (Å²) in [4.78, 5) is 17.2. The van der Waals surface area contributed by atoms with Crippen LogP contribution in [0.15, 0.2) is 48.0 Å². The van der Waals surface area contributed by atoms with Gasteiger partial charge in [-0.3, -0.25) is 9.48 Å². The molecule has 0 fully saturated rings. The second-order valence-corrected chi connectivity index (χ2v) is 7.08. The molecule has 1 N–H and O–H groups in total. The Balaban J connectivity index is 1.66. The molecule has 1 amide bonds. The fourth-order valence-corrected chi connectivity index (χ4v) is 4.35. The fourth-order valence-electron chi connectivity index (χ4n) is 2.51. The van der Waals surface area contributed by atoms with Crippen molar-refractivity contribution in [3.63, 3.8) is 0 Å². The highest BCUT2D eigenvalue weighted by molar-refractivity contribution is 7.22. The molecular formula is C17H14N4OS2. The van der Waals surface area contributed by atoms with Gasteiger partial charge < -0.3 is 5.32 Å². The predicted octanol–water partition coefficient (Wildman–Crippen LogP) is 4.49. The molecule has 120 valence electrons. The van der Waals surface area contributed by atoms with Gasteiger partial charge in [0.2, 0.25) is 0 Å². The molecule has 0 aliphatic carbocycles. The summed E-state index contributed by atoms with van der Waals surface area (Å²) in [5.74, 6) is -0.154. The first-order chi connectivity index (χ1) is 11.8. The van der Waals surface area contributed by atoms with Crippen molar-refractivity contribution < 1.29 is 4.79 Å². The van der Waals surface area contributed by atoms with Crippen molar-refractivity contribution in [2.24, 2.45) is 0 Å². The molecule has 24 heavy (non-hydrogen) atoms. The van der Waals surface area contributed by atoms with Crippen LogP contribution in [0.25, 0.3) is 20.8 Å². The quantitative estimate of drug-likeness (QED) is 0.587. The Morgan fingerprint density at radius 3 is 2.96 bits per heavy atom. The first-order valence-corrected chi connectivity index (χ1v) is 9.22. The largest absolute Gasteiger partial charge is 0.312 e. The third-order valence-electron chi connectivity index (χ3n) is 3.67. The van der Waals surface area contributed by atoms with Gasteiger partial charge in [-0.25, -0.2) is 4.98 Å². The molecule has 0 bridgehead atoms. The Morgan fingerprint density at radius 1 is 1.25 bits per heavy atom. The number of nitrogens with one attached hydrogen (secondary N) is 1. The maximum Gasteiger partial charge on any atom is 0.274 e. The van der Waals surface area contributed by atoms with Gasteiger partial charge in [0.15, 0.2) is 0 Å². The standard InChI is InChI=1S/C17H14N4OS2/c1-2-21-13(7-9-18-21)15(22)20-16-11(8-10-23-16)17-19-12-5-3-4-6-14(12)24-17/h3-10H,2H2,1H3,(H,20,22). The minimum atomic E-state index is -0.154. The maximum atomic E-state index is 12.5. The normalized spacial score (nSPS) is 11.0. The molecule has 5 nitrogen and oxygen atoms in total. The number of hydrogen-bond acceptors (Lipinski definition) is 5. The third-order valence-corrected chi connectivity index (χ3v) is 5.56. The number of carbonyl (C=O) groups excluding carboxylic acids is 1. The summed E-state index contributed by atoms with van der Waals surface area (Å²) in [6.07, 6.45) is 1.64. The van der Waals surface area contributed by atoms with Crippen molar-refractivity contribution in [3.8, 4) is 10.6 Å². The summed E-state index contributed by atoms with van der Waals surface area (Å²) in [6.45, 7) is 2.62. The Kier molecular flexibility index (Phi) is 3.87. The second-order valence-electron chi connectivity index (χ2n) is 5.14. The highest BCUT2D eigenvalue weighted by atomic mass is 32.1. The molecule has 0 saturated carbocycles. The third kappa shape index (κ3) is 2.61. The molecule has 1 aromatic carbocycles. The summed E-state index contributed by atoms with van der Waals surface area (Å²) >= 11 is 3.13. The SMILES string of the molecule is CCn1nccc1C(=O)Nc1sccc1-c1nc2ccccc2s1. The Bertz CT molecular complexity index is 981. The van der Waals surface area contributed by atoms with E-state index in [4.69, 9.17) is 0 Å². The number of rotatable bonds is 4. The molecule has 0 aliphatic heterocycles. The number of amides is 1. The van der Waals surface area contributed by atoms with E-state index in [1.807, 2.05) is 36.6 Å². The van der Waals surface area contributed by atoms with Crippen LogP contribution < -0.4 is 5.32 Å². The molecule has 4 rings (SSSR count). The average molecular weight is 354 g/mol. The van der Waals surface area contributed by atoms with Crippen LogP contribution in [0.1, 0.15) is 17.4 Å². The molecular weight excluding hydrogens is 340 g/mol. The van der Waals surface area contributed by atoms with Crippen molar-refractivity contribution in [2.45, 2.75) is 13.5 Å². The highest BCUT2D eigenvalue weighted by Crippen LogP contribution is 2.37. The van der Waals surface area contributed by atoms with Crippen molar-refractivity contribution in [3.05, 3.63) is 53.7 Å². The van der Waals surface area contributed by atoms with Crippen LogP contribution in [0.3, 0.4) is 0 Å². The average Bonchev–Trinajstić information content (AvgIpc) is 3.32. The van der Waals surface area contributed by atoms with E-state index in [0.717, 1.165) is 25.8 Å². The lowest BCUT2D eigenvalue weighted by Crippen LogP contribution is -2.17.